The second kappa shape index (κ2) is 6.63. The molecule has 0 spiro atoms. The lowest BCUT2D eigenvalue weighted by Crippen LogP contribution is -2.25. The summed E-state index contributed by atoms with van der Waals surface area (Å²) in [6.45, 7) is 4.08. The molecule has 1 aromatic carbocycles. The molecule has 1 N–H and O–H groups in total. The molecule has 0 radical (unpaired) electrons. The van der Waals surface area contributed by atoms with Crippen LogP contribution in [0.5, 0.6) is 0 Å². The van der Waals surface area contributed by atoms with Crippen LogP contribution < -0.4 is 4.90 Å². The number of aliphatic hydroxyl groups excluding tert-OH is 1. The first-order chi connectivity index (χ1) is 10.0. The number of pyridine rings is 1. The maximum Gasteiger partial charge on any atom is 0.149 e. The van der Waals surface area contributed by atoms with Gasteiger partial charge in [0.1, 0.15) is 17.3 Å². The number of nitrogens with zero attached hydrogens (tertiary/aromatic N) is 2. The highest BCUT2D eigenvalue weighted by Crippen LogP contribution is 2.26. The topological polar surface area (TPSA) is 36.4 Å². The second-order valence-electron chi connectivity index (χ2n) is 4.85. The predicted molar refractivity (Wildman–Crippen MR) is 78.0 cm³/mol. The van der Waals surface area contributed by atoms with Crippen LogP contribution in [0.1, 0.15) is 23.9 Å². The van der Waals surface area contributed by atoms with Gasteiger partial charge in [0.2, 0.25) is 0 Å². The van der Waals surface area contributed by atoms with Crippen LogP contribution in [0, 0.1) is 18.6 Å². The fourth-order valence-electron chi connectivity index (χ4n) is 2.24. The van der Waals surface area contributed by atoms with Crippen LogP contribution in [0.2, 0.25) is 0 Å². The third-order valence-corrected chi connectivity index (χ3v) is 3.26. The SMILES string of the molecule is CCN(Cc1cccc(C)n1)c1c(F)cc(CO)cc1F. The Labute approximate surface area is 122 Å². The Hall–Kier alpha value is -2.01. The molecule has 112 valence electrons. The zero-order chi connectivity index (χ0) is 15.4. The van der Waals surface area contributed by atoms with Gasteiger partial charge in [0.05, 0.1) is 18.8 Å². The zero-order valence-electron chi connectivity index (χ0n) is 12.1. The predicted octanol–water partition coefficient (Wildman–Crippen LogP) is 3.19. The fourth-order valence-corrected chi connectivity index (χ4v) is 2.24. The van der Waals surface area contributed by atoms with Crippen molar-refractivity contribution in [3.63, 3.8) is 0 Å². The van der Waals surface area contributed by atoms with Gasteiger partial charge in [-0.3, -0.25) is 4.98 Å². The van der Waals surface area contributed by atoms with E-state index in [4.69, 9.17) is 5.11 Å². The zero-order valence-corrected chi connectivity index (χ0v) is 12.1. The van der Waals surface area contributed by atoms with Gasteiger partial charge in [0, 0.05) is 12.2 Å². The molecule has 0 aliphatic rings. The molecule has 1 heterocycles. The number of anilines is 1. The lowest BCUT2D eigenvalue weighted by molar-refractivity contribution is 0.280. The van der Waals surface area contributed by atoms with E-state index < -0.39 is 11.6 Å². The number of hydrogen-bond acceptors (Lipinski definition) is 3. The molecule has 0 saturated carbocycles. The highest BCUT2D eigenvalue weighted by molar-refractivity contribution is 5.50. The Morgan fingerprint density at radius 2 is 1.86 bits per heavy atom. The third kappa shape index (κ3) is 3.55. The lowest BCUT2D eigenvalue weighted by Gasteiger charge is -2.24. The molecule has 2 aromatic rings. The number of benzene rings is 1. The first-order valence-electron chi connectivity index (χ1n) is 6.81. The largest absolute Gasteiger partial charge is 0.392 e. The molecular weight excluding hydrogens is 274 g/mol. The smallest absolute Gasteiger partial charge is 0.149 e. The Kier molecular flexibility index (Phi) is 4.85. The van der Waals surface area contributed by atoms with Crippen LogP contribution in [-0.2, 0) is 13.2 Å². The number of aryl methyl sites for hydroxylation is 1. The van der Waals surface area contributed by atoms with Crippen LogP contribution >= 0.6 is 0 Å². The molecule has 0 amide bonds. The molecule has 0 fully saturated rings. The van der Waals surface area contributed by atoms with Crippen LogP contribution in [0.15, 0.2) is 30.3 Å². The van der Waals surface area contributed by atoms with Gasteiger partial charge >= 0.3 is 0 Å². The average molecular weight is 292 g/mol. The van der Waals surface area contributed by atoms with Crippen molar-refractivity contribution in [1.29, 1.82) is 0 Å². The molecular formula is C16H18F2N2O. The monoisotopic (exact) mass is 292 g/mol. The van der Waals surface area contributed by atoms with Crippen molar-refractivity contribution in [1.82, 2.24) is 4.98 Å². The van der Waals surface area contributed by atoms with Crippen LogP contribution in [0.25, 0.3) is 0 Å². The van der Waals surface area contributed by atoms with E-state index in [1.165, 1.54) is 0 Å². The molecule has 5 heteroatoms. The van der Waals surface area contributed by atoms with Gasteiger partial charge < -0.3 is 10.0 Å². The van der Waals surface area contributed by atoms with Crippen molar-refractivity contribution < 1.29 is 13.9 Å². The minimum atomic E-state index is -0.673. The van der Waals surface area contributed by atoms with E-state index in [1.54, 1.807) is 4.90 Å². The van der Waals surface area contributed by atoms with Gasteiger partial charge in [0.25, 0.3) is 0 Å². The number of rotatable bonds is 5. The quantitative estimate of drug-likeness (QED) is 0.919. The Balaban J connectivity index is 2.33. The maximum absolute atomic E-state index is 14.1. The summed E-state index contributed by atoms with van der Waals surface area (Å²) >= 11 is 0. The highest BCUT2D eigenvalue weighted by Gasteiger charge is 2.17. The standard InChI is InChI=1S/C16H18F2N2O/c1-3-20(9-13-6-4-5-11(2)19-13)16-14(17)7-12(10-21)8-15(16)18/h4-8,21H,3,9-10H2,1-2H3. The van der Waals surface area contributed by atoms with Crippen molar-refractivity contribution in [2.75, 3.05) is 11.4 Å². The Morgan fingerprint density at radius 1 is 1.19 bits per heavy atom. The van der Waals surface area contributed by atoms with Gasteiger partial charge in [-0.15, -0.1) is 0 Å². The number of halogens is 2. The van der Waals surface area contributed by atoms with Gasteiger partial charge in [-0.05, 0) is 43.7 Å². The lowest BCUT2D eigenvalue weighted by atomic mass is 10.1. The van der Waals surface area contributed by atoms with Gasteiger partial charge in [-0.1, -0.05) is 6.07 Å². The molecule has 21 heavy (non-hydrogen) atoms. The van der Waals surface area contributed by atoms with Crippen LogP contribution in [-0.4, -0.2) is 16.6 Å². The molecule has 0 bridgehead atoms. The average Bonchev–Trinajstić information content (AvgIpc) is 2.45. The van der Waals surface area contributed by atoms with E-state index in [1.807, 2.05) is 32.0 Å². The molecule has 0 aliphatic heterocycles. The molecule has 0 saturated heterocycles. The molecule has 1 aromatic heterocycles. The summed E-state index contributed by atoms with van der Waals surface area (Å²) in [5.41, 5.74) is 1.75. The molecule has 0 aliphatic carbocycles. The molecule has 3 nitrogen and oxygen atoms in total. The van der Waals surface area contributed by atoms with Gasteiger partial charge in [-0.25, -0.2) is 8.78 Å². The molecule has 2 rings (SSSR count). The summed E-state index contributed by atoms with van der Waals surface area (Å²) in [6.07, 6.45) is 0. The summed E-state index contributed by atoms with van der Waals surface area (Å²) in [6, 6.07) is 7.88. The van der Waals surface area contributed by atoms with Crippen molar-refractivity contribution in [3.05, 3.63) is 58.9 Å². The maximum atomic E-state index is 14.1. The third-order valence-electron chi connectivity index (χ3n) is 3.26. The van der Waals surface area contributed by atoms with Crippen molar-refractivity contribution in [2.24, 2.45) is 0 Å². The second-order valence-corrected chi connectivity index (χ2v) is 4.85. The normalized spacial score (nSPS) is 10.7. The van der Waals surface area contributed by atoms with E-state index >= 15 is 0 Å². The van der Waals surface area contributed by atoms with E-state index in [-0.39, 0.29) is 17.9 Å². The molecule has 0 atom stereocenters. The van der Waals surface area contributed by atoms with Gasteiger partial charge in [0.15, 0.2) is 0 Å². The van der Waals surface area contributed by atoms with E-state index in [9.17, 15) is 8.78 Å². The van der Waals surface area contributed by atoms with Crippen LogP contribution in [0.4, 0.5) is 14.5 Å². The minimum absolute atomic E-state index is 0.0852. The first-order valence-corrected chi connectivity index (χ1v) is 6.81. The Morgan fingerprint density at radius 3 is 2.38 bits per heavy atom. The van der Waals surface area contributed by atoms with Crippen LogP contribution in [0.3, 0.4) is 0 Å². The summed E-state index contributed by atoms with van der Waals surface area (Å²) in [4.78, 5) is 5.94. The van der Waals surface area contributed by atoms with E-state index in [0.717, 1.165) is 23.5 Å². The first kappa shape index (κ1) is 15.4. The van der Waals surface area contributed by atoms with Crippen molar-refractivity contribution in [2.45, 2.75) is 27.0 Å². The van der Waals surface area contributed by atoms with Gasteiger partial charge in [-0.2, -0.15) is 0 Å². The van der Waals surface area contributed by atoms with E-state index in [0.29, 0.717) is 13.1 Å². The number of aliphatic hydroxyl groups is 1. The summed E-state index contributed by atoms with van der Waals surface area (Å²) < 4.78 is 28.2. The molecule has 0 unspecified atom stereocenters. The Bertz CT molecular complexity index is 608. The highest BCUT2D eigenvalue weighted by atomic mass is 19.1. The van der Waals surface area contributed by atoms with E-state index in [2.05, 4.69) is 4.98 Å². The minimum Gasteiger partial charge on any atom is -0.392 e. The van der Waals surface area contributed by atoms with Crippen molar-refractivity contribution in [3.8, 4) is 0 Å². The number of hydrogen-bond donors (Lipinski definition) is 1. The summed E-state index contributed by atoms with van der Waals surface area (Å²) in [5, 5.41) is 8.98. The summed E-state index contributed by atoms with van der Waals surface area (Å²) in [7, 11) is 0. The van der Waals surface area contributed by atoms with Crippen molar-refractivity contribution >= 4 is 5.69 Å². The fraction of sp³-hybridized carbons (Fsp3) is 0.312. The number of aromatic nitrogens is 1. The summed E-state index contributed by atoms with van der Waals surface area (Å²) in [5.74, 6) is -1.35.